The van der Waals surface area contributed by atoms with Crippen LogP contribution in [0.1, 0.15) is 41.3 Å². The van der Waals surface area contributed by atoms with Crippen LogP contribution in [0.25, 0.3) is 22.4 Å². The van der Waals surface area contributed by atoms with E-state index in [0.717, 1.165) is 39.1 Å². The van der Waals surface area contributed by atoms with Gasteiger partial charge in [0.15, 0.2) is 5.65 Å². The summed E-state index contributed by atoms with van der Waals surface area (Å²) in [4.78, 5) is 27.1. The molecule has 2 aromatic heterocycles. The molecule has 1 aromatic carbocycles. The van der Waals surface area contributed by atoms with Gasteiger partial charge in [-0.25, -0.2) is 9.97 Å². The van der Waals surface area contributed by atoms with Crippen LogP contribution in [0, 0.1) is 12.8 Å². The Bertz CT molecular complexity index is 1000. The lowest BCUT2D eigenvalue weighted by atomic mass is 9.99. The molecule has 126 valence electrons. The first-order valence-corrected chi connectivity index (χ1v) is 8.87. The van der Waals surface area contributed by atoms with Crippen LogP contribution in [0.3, 0.4) is 0 Å². The third-order valence-electron chi connectivity index (χ3n) is 5.58. The predicted octanol–water partition coefficient (Wildman–Crippen LogP) is 3.69. The summed E-state index contributed by atoms with van der Waals surface area (Å²) < 4.78 is 0. The van der Waals surface area contributed by atoms with Crippen LogP contribution in [0.2, 0.25) is 0 Å². The number of nitrogens with one attached hydrogen (secondary N) is 1. The summed E-state index contributed by atoms with van der Waals surface area (Å²) in [5, 5.41) is 0. The van der Waals surface area contributed by atoms with E-state index < -0.39 is 0 Å². The molecule has 1 atom stereocenters. The summed E-state index contributed by atoms with van der Waals surface area (Å²) in [5.74, 6) is 0.866. The van der Waals surface area contributed by atoms with Crippen molar-refractivity contribution >= 4 is 17.1 Å². The van der Waals surface area contributed by atoms with Crippen LogP contribution in [0.4, 0.5) is 0 Å². The molecule has 5 rings (SSSR count). The van der Waals surface area contributed by atoms with Gasteiger partial charge >= 0.3 is 0 Å². The zero-order chi connectivity index (χ0) is 17.1. The Morgan fingerprint density at radius 1 is 1.32 bits per heavy atom. The number of benzene rings is 1. The lowest BCUT2D eigenvalue weighted by Crippen LogP contribution is -2.34. The van der Waals surface area contributed by atoms with E-state index in [1.54, 1.807) is 6.20 Å². The summed E-state index contributed by atoms with van der Waals surface area (Å²) in [6.45, 7) is 4.91. The van der Waals surface area contributed by atoms with Crippen LogP contribution in [-0.4, -0.2) is 31.8 Å². The molecule has 0 spiro atoms. The molecule has 5 heteroatoms. The van der Waals surface area contributed by atoms with Gasteiger partial charge in [0.1, 0.15) is 5.52 Å². The molecule has 25 heavy (non-hydrogen) atoms. The van der Waals surface area contributed by atoms with Crippen LogP contribution in [0.5, 0.6) is 0 Å². The van der Waals surface area contributed by atoms with Gasteiger partial charge in [-0.3, -0.25) is 4.79 Å². The Morgan fingerprint density at radius 3 is 2.96 bits per heavy atom. The Hall–Kier alpha value is -2.69. The first-order chi connectivity index (χ1) is 12.1. The minimum Gasteiger partial charge on any atom is -0.345 e. The molecule has 0 bridgehead atoms. The Morgan fingerprint density at radius 2 is 2.16 bits per heavy atom. The molecule has 1 aliphatic carbocycles. The second-order valence-corrected chi connectivity index (χ2v) is 7.31. The topological polar surface area (TPSA) is 61.9 Å². The van der Waals surface area contributed by atoms with Gasteiger partial charge in [-0.15, -0.1) is 0 Å². The van der Waals surface area contributed by atoms with Gasteiger partial charge in [-0.2, -0.15) is 0 Å². The maximum Gasteiger partial charge on any atom is 0.255 e. The summed E-state index contributed by atoms with van der Waals surface area (Å²) in [5.41, 5.74) is 6.55. The van der Waals surface area contributed by atoms with E-state index in [-0.39, 0.29) is 5.91 Å². The van der Waals surface area contributed by atoms with Crippen LogP contribution in [0.15, 0.2) is 30.6 Å². The molecule has 3 heterocycles. The number of nitrogens with zero attached hydrogens (tertiary/aromatic N) is 3. The maximum atomic E-state index is 12.9. The number of rotatable bonds is 3. The van der Waals surface area contributed by atoms with E-state index in [9.17, 15) is 4.79 Å². The predicted molar refractivity (Wildman–Crippen MR) is 96.1 cm³/mol. The number of hydrogen-bond donors (Lipinski definition) is 1. The second-order valence-electron chi connectivity index (χ2n) is 7.31. The zero-order valence-electron chi connectivity index (χ0n) is 14.4. The van der Waals surface area contributed by atoms with Gasteiger partial charge in [0, 0.05) is 29.9 Å². The number of aryl methyl sites for hydroxylation is 1. The van der Waals surface area contributed by atoms with Gasteiger partial charge in [0.25, 0.3) is 5.91 Å². The van der Waals surface area contributed by atoms with Crippen molar-refractivity contribution < 1.29 is 4.79 Å². The van der Waals surface area contributed by atoms with E-state index in [1.807, 2.05) is 24.1 Å². The quantitative estimate of drug-likeness (QED) is 0.796. The fraction of sp³-hybridized carbons (Fsp3) is 0.350. The van der Waals surface area contributed by atoms with Crippen LogP contribution >= 0.6 is 0 Å². The molecule has 3 aromatic rings. The maximum absolute atomic E-state index is 12.9. The van der Waals surface area contributed by atoms with Crippen molar-refractivity contribution in [3.05, 3.63) is 47.3 Å². The van der Waals surface area contributed by atoms with E-state index >= 15 is 0 Å². The monoisotopic (exact) mass is 332 g/mol. The number of carbonyl (C=O) groups is 1. The average Bonchev–Trinajstić information content (AvgIpc) is 3.25. The highest BCUT2D eigenvalue weighted by Gasteiger charge is 2.39. The van der Waals surface area contributed by atoms with Gasteiger partial charge in [0.05, 0.1) is 11.9 Å². The summed E-state index contributed by atoms with van der Waals surface area (Å²) in [6.07, 6.45) is 6.13. The van der Waals surface area contributed by atoms with Crippen molar-refractivity contribution in [3.8, 4) is 11.3 Å². The Labute approximate surface area is 146 Å². The molecule has 0 saturated heterocycles. The lowest BCUT2D eigenvalue weighted by Gasteiger charge is -2.24. The number of aromatic nitrogens is 3. The van der Waals surface area contributed by atoms with Gasteiger partial charge in [-0.05, 0) is 61.9 Å². The van der Waals surface area contributed by atoms with E-state index in [4.69, 9.17) is 4.98 Å². The number of H-pyrrole nitrogens is 1. The molecule has 1 aliphatic heterocycles. The smallest absolute Gasteiger partial charge is 0.255 e. The molecule has 2 aliphatic rings. The van der Waals surface area contributed by atoms with Crippen molar-refractivity contribution in [1.82, 2.24) is 19.9 Å². The van der Waals surface area contributed by atoms with E-state index in [1.165, 1.54) is 12.8 Å². The minimum atomic E-state index is 0.186. The van der Waals surface area contributed by atoms with E-state index in [0.29, 0.717) is 18.5 Å². The molecule has 1 saturated carbocycles. The van der Waals surface area contributed by atoms with Crippen molar-refractivity contribution in [2.45, 2.75) is 39.3 Å². The standard InChI is InChI=1S/C20H20N4O/c1-11-7-14(17-9-22-19-16(23-17)5-6-21-19)8-15-10-24(20(25)18(11)15)12(2)13-3-4-13/h5-9,12-13H,3-4,10H2,1-2H3,(H,21,22)/t12-/m0/s1. The first kappa shape index (κ1) is 14.6. The largest absolute Gasteiger partial charge is 0.345 e. The fourth-order valence-corrected chi connectivity index (χ4v) is 3.97. The Kier molecular flexibility index (Phi) is 3.02. The summed E-state index contributed by atoms with van der Waals surface area (Å²) in [6, 6.07) is 6.43. The number of hydrogen-bond acceptors (Lipinski definition) is 3. The highest BCUT2D eigenvalue weighted by molar-refractivity contribution is 6.00. The second kappa shape index (κ2) is 5.15. The normalized spacial score (nSPS) is 18.0. The highest BCUT2D eigenvalue weighted by atomic mass is 16.2. The molecule has 5 nitrogen and oxygen atoms in total. The summed E-state index contributed by atoms with van der Waals surface area (Å²) >= 11 is 0. The van der Waals surface area contributed by atoms with Gasteiger partial charge in [0.2, 0.25) is 0 Å². The SMILES string of the molecule is Cc1cc(-c2cnc3[nH]ccc3n2)cc2c1C(=O)N([C@@H](C)C1CC1)C2. The van der Waals surface area contributed by atoms with Crippen LogP contribution < -0.4 is 0 Å². The number of carbonyl (C=O) groups excluding carboxylic acids is 1. The molecule has 1 amide bonds. The third-order valence-corrected chi connectivity index (χ3v) is 5.58. The first-order valence-electron chi connectivity index (χ1n) is 8.87. The van der Waals surface area contributed by atoms with E-state index in [2.05, 4.69) is 29.0 Å². The molecule has 0 unspecified atom stereocenters. The minimum absolute atomic E-state index is 0.186. The highest BCUT2D eigenvalue weighted by Crippen LogP contribution is 2.39. The molecule has 1 N–H and O–H groups in total. The molecule has 0 radical (unpaired) electrons. The number of fused-ring (bicyclic) bond motifs is 2. The third kappa shape index (κ3) is 2.26. The van der Waals surface area contributed by atoms with Gasteiger partial charge in [-0.1, -0.05) is 0 Å². The molecular formula is C20H20N4O. The Balaban J connectivity index is 1.55. The number of amides is 1. The van der Waals surface area contributed by atoms with Crippen molar-refractivity contribution in [2.24, 2.45) is 5.92 Å². The van der Waals surface area contributed by atoms with Gasteiger partial charge < -0.3 is 9.88 Å². The summed E-state index contributed by atoms with van der Waals surface area (Å²) in [7, 11) is 0. The zero-order valence-corrected chi connectivity index (χ0v) is 14.4. The van der Waals surface area contributed by atoms with Crippen molar-refractivity contribution in [3.63, 3.8) is 0 Å². The average molecular weight is 332 g/mol. The molecule has 1 fully saturated rings. The number of aromatic amines is 1. The molecular weight excluding hydrogens is 312 g/mol. The van der Waals surface area contributed by atoms with Crippen molar-refractivity contribution in [2.75, 3.05) is 0 Å². The van der Waals surface area contributed by atoms with Crippen molar-refractivity contribution in [1.29, 1.82) is 0 Å². The lowest BCUT2D eigenvalue weighted by molar-refractivity contribution is 0.0697. The van der Waals surface area contributed by atoms with Crippen LogP contribution in [-0.2, 0) is 6.54 Å². The fourth-order valence-electron chi connectivity index (χ4n) is 3.97.